The predicted octanol–water partition coefficient (Wildman–Crippen LogP) is 2.11. The molecule has 0 aliphatic carbocycles. The van der Waals surface area contributed by atoms with Crippen LogP contribution in [-0.4, -0.2) is 41.7 Å². The van der Waals surface area contributed by atoms with Crippen molar-refractivity contribution < 1.29 is 14.0 Å². The number of carbonyl (C=O) groups excluding carboxylic acids is 1. The molecule has 0 N–H and O–H groups in total. The van der Waals surface area contributed by atoms with Crippen LogP contribution in [0, 0.1) is 0 Å². The van der Waals surface area contributed by atoms with Crippen molar-refractivity contribution in [1.29, 1.82) is 0 Å². The second kappa shape index (κ2) is 5.84. The van der Waals surface area contributed by atoms with Crippen molar-refractivity contribution in [2.24, 2.45) is 0 Å². The van der Waals surface area contributed by atoms with Crippen LogP contribution in [0.4, 0.5) is 0 Å². The maximum Gasteiger partial charge on any atom is 0.330 e. The number of hydrogen-bond donors (Lipinski definition) is 0. The molecular weight excluding hydrogens is 305 g/mol. The number of ether oxygens (including phenoxy) is 1. The van der Waals surface area contributed by atoms with Gasteiger partial charge in [0.2, 0.25) is 0 Å². The molecule has 0 atom stereocenters. The third-order valence-electron chi connectivity index (χ3n) is 2.84. The van der Waals surface area contributed by atoms with Crippen molar-refractivity contribution in [2.75, 3.05) is 31.3 Å². The second-order valence-corrected chi connectivity index (χ2v) is 4.92. The maximum atomic E-state index is 11.2. The number of halogens is 1. The zero-order valence-corrected chi connectivity index (χ0v) is 11.6. The number of piperidine rings is 1. The third-order valence-corrected chi connectivity index (χ3v) is 4.49. The average Bonchev–Trinajstić information content (AvgIpc) is 2.22. The molecule has 0 unspecified atom stereocenters. The number of esters is 1. The number of nitrogens with zero attached hydrogens (tertiary/aromatic N) is 1. The molecule has 3 nitrogen and oxygen atoms in total. The Labute approximate surface area is 105 Å². The number of carbonyl (C=O) groups is 1. The van der Waals surface area contributed by atoms with Crippen LogP contribution in [0.15, 0.2) is 11.6 Å². The summed E-state index contributed by atoms with van der Waals surface area (Å²) in [6.45, 7) is 4.56. The van der Waals surface area contributed by atoms with Gasteiger partial charge in [-0.25, -0.2) is 4.79 Å². The highest BCUT2D eigenvalue weighted by molar-refractivity contribution is 14.1. The van der Waals surface area contributed by atoms with Gasteiger partial charge in [0.05, 0.1) is 26.7 Å². The molecule has 1 aliphatic rings. The van der Waals surface area contributed by atoms with Gasteiger partial charge in [0.25, 0.3) is 0 Å². The standard InChI is InChI=1S/C11H19INO2/c1-3-15-11(14)8-10-4-6-13(2,9-12)7-5-10/h8H,3-7,9H2,1-2H3/q+1. The average molecular weight is 324 g/mol. The fourth-order valence-electron chi connectivity index (χ4n) is 1.68. The van der Waals surface area contributed by atoms with E-state index >= 15 is 0 Å². The van der Waals surface area contributed by atoms with Gasteiger partial charge in [-0.3, -0.25) is 0 Å². The Kier molecular flexibility index (Phi) is 5.05. The van der Waals surface area contributed by atoms with Gasteiger partial charge in [-0.1, -0.05) is 5.57 Å². The van der Waals surface area contributed by atoms with Crippen molar-refractivity contribution in [2.45, 2.75) is 19.8 Å². The first kappa shape index (κ1) is 13.0. The van der Waals surface area contributed by atoms with Gasteiger partial charge in [-0.15, -0.1) is 0 Å². The predicted molar refractivity (Wildman–Crippen MR) is 68.8 cm³/mol. The smallest absolute Gasteiger partial charge is 0.330 e. The zero-order valence-electron chi connectivity index (χ0n) is 9.46. The Balaban J connectivity index is 2.46. The van der Waals surface area contributed by atoms with E-state index < -0.39 is 0 Å². The lowest BCUT2D eigenvalue weighted by molar-refractivity contribution is -0.896. The lowest BCUT2D eigenvalue weighted by atomic mass is 10.0. The van der Waals surface area contributed by atoms with Gasteiger partial charge in [-0.05, 0) is 29.5 Å². The molecule has 1 heterocycles. The van der Waals surface area contributed by atoms with E-state index in [4.69, 9.17) is 4.74 Å². The molecule has 1 aliphatic heterocycles. The van der Waals surface area contributed by atoms with Crippen LogP contribution >= 0.6 is 22.6 Å². The molecular formula is C11H19INO2+. The molecule has 86 valence electrons. The van der Waals surface area contributed by atoms with Crippen molar-refractivity contribution in [1.82, 2.24) is 0 Å². The molecule has 0 amide bonds. The van der Waals surface area contributed by atoms with Gasteiger partial charge in [0, 0.05) is 18.9 Å². The summed E-state index contributed by atoms with van der Waals surface area (Å²) in [4.78, 5) is 11.2. The lowest BCUT2D eigenvalue weighted by Crippen LogP contribution is -2.47. The normalized spacial score (nSPS) is 26.2. The number of quaternary nitrogens is 1. The van der Waals surface area contributed by atoms with E-state index in [9.17, 15) is 4.79 Å². The summed E-state index contributed by atoms with van der Waals surface area (Å²) in [5, 5.41) is 0. The van der Waals surface area contributed by atoms with Crippen LogP contribution < -0.4 is 0 Å². The van der Waals surface area contributed by atoms with E-state index in [1.807, 2.05) is 6.92 Å². The summed E-state index contributed by atoms with van der Waals surface area (Å²) in [6.07, 6.45) is 3.73. The quantitative estimate of drug-likeness (QED) is 0.198. The monoisotopic (exact) mass is 324 g/mol. The summed E-state index contributed by atoms with van der Waals surface area (Å²) in [5.41, 5.74) is 1.24. The Hall–Kier alpha value is -0.100. The number of alkyl halides is 1. The summed E-state index contributed by atoms with van der Waals surface area (Å²) < 4.78 is 7.16. The molecule has 1 saturated heterocycles. The molecule has 15 heavy (non-hydrogen) atoms. The summed E-state index contributed by atoms with van der Waals surface area (Å²) in [5.74, 6) is -0.182. The van der Waals surface area contributed by atoms with Crippen LogP contribution in [0.1, 0.15) is 19.8 Å². The van der Waals surface area contributed by atoms with E-state index in [0.717, 1.165) is 35.0 Å². The van der Waals surface area contributed by atoms with Gasteiger partial charge in [0.1, 0.15) is 4.55 Å². The van der Waals surface area contributed by atoms with Crippen molar-refractivity contribution in [3.8, 4) is 0 Å². The Morgan fingerprint density at radius 1 is 1.53 bits per heavy atom. The Morgan fingerprint density at radius 2 is 2.13 bits per heavy atom. The third kappa shape index (κ3) is 4.10. The molecule has 0 spiro atoms. The molecule has 1 fully saturated rings. The van der Waals surface area contributed by atoms with Gasteiger partial charge in [-0.2, -0.15) is 0 Å². The summed E-state index contributed by atoms with van der Waals surface area (Å²) in [6, 6.07) is 0. The Morgan fingerprint density at radius 3 is 2.60 bits per heavy atom. The first-order chi connectivity index (χ1) is 7.09. The van der Waals surface area contributed by atoms with Crippen molar-refractivity contribution in [3.05, 3.63) is 11.6 Å². The molecule has 4 heteroatoms. The van der Waals surface area contributed by atoms with E-state index in [1.54, 1.807) is 6.08 Å². The van der Waals surface area contributed by atoms with Gasteiger partial charge in [0.15, 0.2) is 0 Å². The van der Waals surface area contributed by atoms with Crippen molar-refractivity contribution >= 4 is 28.6 Å². The van der Waals surface area contributed by atoms with E-state index in [2.05, 4.69) is 29.6 Å². The fraction of sp³-hybridized carbons (Fsp3) is 0.727. The summed E-state index contributed by atoms with van der Waals surface area (Å²) in [7, 11) is 2.27. The molecule has 0 radical (unpaired) electrons. The summed E-state index contributed by atoms with van der Waals surface area (Å²) >= 11 is 2.43. The fourth-order valence-corrected chi connectivity index (χ4v) is 2.36. The molecule has 0 bridgehead atoms. The highest BCUT2D eigenvalue weighted by Gasteiger charge is 2.25. The molecule has 0 saturated carbocycles. The van der Waals surface area contributed by atoms with Crippen LogP contribution in [0.2, 0.25) is 0 Å². The minimum absolute atomic E-state index is 0.182. The maximum absolute atomic E-state index is 11.2. The molecule has 0 aromatic carbocycles. The van der Waals surface area contributed by atoms with Gasteiger partial charge >= 0.3 is 5.97 Å². The SMILES string of the molecule is CCOC(=O)C=C1CC[N+](C)(CI)CC1. The minimum atomic E-state index is -0.182. The second-order valence-electron chi connectivity index (χ2n) is 4.24. The molecule has 0 aromatic heterocycles. The molecule has 1 rings (SSSR count). The number of hydrogen-bond acceptors (Lipinski definition) is 2. The highest BCUT2D eigenvalue weighted by Crippen LogP contribution is 2.22. The first-order valence-corrected chi connectivity index (χ1v) is 6.88. The largest absolute Gasteiger partial charge is 0.463 e. The van der Waals surface area contributed by atoms with Crippen molar-refractivity contribution in [3.63, 3.8) is 0 Å². The lowest BCUT2D eigenvalue weighted by Gasteiger charge is -2.36. The molecule has 0 aromatic rings. The minimum Gasteiger partial charge on any atom is -0.463 e. The van der Waals surface area contributed by atoms with E-state index in [0.29, 0.717) is 6.61 Å². The Bertz CT molecular complexity index is 253. The highest BCUT2D eigenvalue weighted by atomic mass is 127. The van der Waals surface area contributed by atoms with Crippen LogP contribution in [0.5, 0.6) is 0 Å². The van der Waals surface area contributed by atoms with Gasteiger partial charge < -0.3 is 9.22 Å². The van der Waals surface area contributed by atoms with E-state index in [1.165, 1.54) is 5.57 Å². The van der Waals surface area contributed by atoms with E-state index in [-0.39, 0.29) is 5.97 Å². The zero-order chi connectivity index (χ0) is 11.3. The number of likely N-dealkylation sites (tertiary alicyclic amines) is 1. The van der Waals surface area contributed by atoms with Crippen LogP contribution in [0.25, 0.3) is 0 Å². The first-order valence-electron chi connectivity index (χ1n) is 5.35. The number of rotatable bonds is 3. The van der Waals surface area contributed by atoms with Crippen LogP contribution in [0.3, 0.4) is 0 Å². The van der Waals surface area contributed by atoms with Crippen LogP contribution in [-0.2, 0) is 9.53 Å². The topological polar surface area (TPSA) is 26.3 Å².